The van der Waals surface area contributed by atoms with Crippen LogP contribution in [0.25, 0.3) is 0 Å². The molecule has 6 nitrogen and oxygen atoms in total. The highest BCUT2D eigenvalue weighted by molar-refractivity contribution is 7.89. The van der Waals surface area contributed by atoms with Crippen LogP contribution in [0.4, 0.5) is 5.69 Å². The summed E-state index contributed by atoms with van der Waals surface area (Å²) in [7, 11) is -3.78. The molecule has 1 fully saturated rings. The van der Waals surface area contributed by atoms with Gasteiger partial charge >= 0.3 is 0 Å². The quantitative estimate of drug-likeness (QED) is 0.627. The van der Waals surface area contributed by atoms with Crippen LogP contribution in [0.5, 0.6) is 0 Å². The van der Waals surface area contributed by atoms with Crippen molar-refractivity contribution in [2.75, 3.05) is 13.1 Å². The van der Waals surface area contributed by atoms with E-state index in [0.29, 0.717) is 19.0 Å². The van der Waals surface area contributed by atoms with Crippen molar-refractivity contribution < 1.29 is 13.3 Å². The fraction of sp³-hybridized carbons (Fsp3) is 0.538. The van der Waals surface area contributed by atoms with E-state index in [2.05, 4.69) is 6.92 Å². The Morgan fingerprint density at radius 2 is 2.00 bits per heavy atom. The summed E-state index contributed by atoms with van der Waals surface area (Å²) >= 11 is 5.93. The fourth-order valence-corrected chi connectivity index (χ4v) is 4.46. The number of piperidine rings is 1. The number of nitrogens with zero attached hydrogens (tertiary/aromatic N) is 2. The lowest BCUT2D eigenvalue weighted by Gasteiger charge is -2.30. The monoisotopic (exact) mass is 332 g/mol. The zero-order chi connectivity index (χ0) is 15.6. The number of nitro benzene ring substituents is 1. The van der Waals surface area contributed by atoms with Crippen molar-refractivity contribution >= 4 is 27.3 Å². The van der Waals surface area contributed by atoms with E-state index in [9.17, 15) is 18.5 Å². The van der Waals surface area contributed by atoms with Gasteiger partial charge in [-0.15, -0.1) is 0 Å². The number of sulfonamides is 1. The Labute approximate surface area is 128 Å². The molecule has 1 aromatic carbocycles. The summed E-state index contributed by atoms with van der Waals surface area (Å²) in [6.45, 7) is 2.95. The summed E-state index contributed by atoms with van der Waals surface area (Å²) in [6.07, 6.45) is 2.65. The first-order chi connectivity index (χ1) is 9.86. The number of hydrogen-bond acceptors (Lipinski definition) is 4. The lowest BCUT2D eigenvalue weighted by Crippen LogP contribution is -2.38. The van der Waals surface area contributed by atoms with Crippen LogP contribution in [0, 0.1) is 16.0 Å². The molecule has 1 aromatic rings. The van der Waals surface area contributed by atoms with E-state index in [1.54, 1.807) is 0 Å². The number of halogens is 1. The van der Waals surface area contributed by atoms with Crippen LogP contribution in [-0.2, 0) is 10.0 Å². The molecule has 1 aliphatic rings. The van der Waals surface area contributed by atoms with E-state index in [0.717, 1.165) is 25.3 Å². The third-order valence-corrected chi connectivity index (χ3v) is 6.27. The van der Waals surface area contributed by atoms with Crippen molar-refractivity contribution in [3.63, 3.8) is 0 Å². The smallest absolute Gasteiger partial charge is 0.258 e. The molecule has 1 aliphatic heterocycles. The molecule has 0 unspecified atom stereocenters. The Kier molecular flexibility index (Phi) is 4.85. The van der Waals surface area contributed by atoms with E-state index in [-0.39, 0.29) is 15.6 Å². The molecule has 2 rings (SSSR count). The molecule has 1 saturated heterocycles. The van der Waals surface area contributed by atoms with Gasteiger partial charge in [-0.2, -0.15) is 4.31 Å². The number of benzene rings is 1. The van der Waals surface area contributed by atoms with E-state index in [1.807, 2.05) is 0 Å². The van der Waals surface area contributed by atoms with Crippen molar-refractivity contribution in [1.29, 1.82) is 0 Å². The Balaban J connectivity index is 2.32. The molecule has 0 N–H and O–H groups in total. The van der Waals surface area contributed by atoms with Gasteiger partial charge in [0.25, 0.3) is 5.69 Å². The maximum atomic E-state index is 12.6. The molecule has 0 spiro atoms. The van der Waals surface area contributed by atoms with Crippen molar-refractivity contribution in [2.45, 2.75) is 31.1 Å². The fourth-order valence-electron chi connectivity index (χ4n) is 2.50. The molecule has 0 atom stereocenters. The average Bonchev–Trinajstić information content (AvgIpc) is 2.47. The number of non-ortho nitro benzene ring substituents is 1. The number of nitro groups is 1. The SMILES string of the molecule is CCC1CCN(S(=O)(=O)c2cc([N+](=O)[O-])ccc2Cl)CC1. The normalized spacial score (nSPS) is 17.8. The van der Waals surface area contributed by atoms with Crippen LogP contribution >= 0.6 is 11.6 Å². The highest BCUT2D eigenvalue weighted by Crippen LogP contribution is 2.31. The Bertz CT molecular complexity index is 640. The third-order valence-electron chi connectivity index (χ3n) is 3.89. The van der Waals surface area contributed by atoms with Gasteiger partial charge in [0.2, 0.25) is 10.0 Å². The average molecular weight is 333 g/mol. The molecule has 0 saturated carbocycles. The predicted octanol–water partition coefficient (Wildman–Crippen LogP) is 3.06. The molecule has 1 heterocycles. The maximum absolute atomic E-state index is 12.6. The number of hydrogen-bond donors (Lipinski definition) is 0. The summed E-state index contributed by atoms with van der Waals surface area (Å²) in [5.74, 6) is 0.539. The molecular weight excluding hydrogens is 316 g/mol. The second kappa shape index (κ2) is 6.29. The van der Waals surface area contributed by atoms with Crippen LogP contribution in [0.1, 0.15) is 26.2 Å². The molecule has 0 aromatic heterocycles. The molecule has 116 valence electrons. The van der Waals surface area contributed by atoms with Gasteiger partial charge in [-0.25, -0.2) is 8.42 Å². The highest BCUT2D eigenvalue weighted by Gasteiger charge is 2.31. The summed E-state index contributed by atoms with van der Waals surface area (Å²) in [5, 5.41) is 10.8. The van der Waals surface area contributed by atoms with Gasteiger partial charge in [0, 0.05) is 25.2 Å². The van der Waals surface area contributed by atoms with Gasteiger partial charge in [-0.1, -0.05) is 24.9 Å². The molecule has 0 bridgehead atoms. The second-order valence-electron chi connectivity index (χ2n) is 5.13. The third kappa shape index (κ3) is 3.36. The van der Waals surface area contributed by atoms with Crippen molar-refractivity contribution in [1.82, 2.24) is 4.31 Å². The molecule has 0 aliphatic carbocycles. The van der Waals surface area contributed by atoms with E-state index in [4.69, 9.17) is 11.6 Å². The molecule has 0 amide bonds. The Hall–Kier alpha value is -1.18. The zero-order valence-corrected chi connectivity index (χ0v) is 13.2. The maximum Gasteiger partial charge on any atom is 0.270 e. The van der Waals surface area contributed by atoms with Gasteiger partial charge < -0.3 is 0 Å². The van der Waals surface area contributed by atoms with E-state index in [1.165, 1.54) is 16.4 Å². The van der Waals surface area contributed by atoms with Crippen LogP contribution in [-0.4, -0.2) is 30.7 Å². The van der Waals surface area contributed by atoms with Crippen molar-refractivity contribution in [2.24, 2.45) is 5.92 Å². The highest BCUT2D eigenvalue weighted by atomic mass is 35.5. The Morgan fingerprint density at radius 3 is 2.52 bits per heavy atom. The van der Waals surface area contributed by atoms with E-state index < -0.39 is 14.9 Å². The standard InChI is InChI=1S/C13H17ClN2O4S/c1-2-10-5-7-15(8-6-10)21(19,20)13-9-11(16(17)18)3-4-12(13)14/h3-4,9-10H,2,5-8H2,1H3. The van der Waals surface area contributed by atoms with Gasteiger partial charge in [0.05, 0.1) is 9.95 Å². The van der Waals surface area contributed by atoms with Gasteiger partial charge in [-0.05, 0) is 24.8 Å². The van der Waals surface area contributed by atoms with Crippen LogP contribution in [0.3, 0.4) is 0 Å². The second-order valence-corrected chi connectivity index (χ2v) is 7.44. The molecular formula is C13H17ClN2O4S. The first-order valence-electron chi connectivity index (χ1n) is 6.80. The topological polar surface area (TPSA) is 80.5 Å². The summed E-state index contributed by atoms with van der Waals surface area (Å²) in [6, 6.07) is 3.49. The molecule has 8 heteroatoms. The first-order valence-corrected chi connectivity index (χ1v) is 8.62. The van der Waals surface area contributed by atoms with Gasteiger partial charge in [0.15, 0.2) is 0 Å². The van der Waals surface area contributed by atoms with Crippen LogP contribution in [0.15, 0.2) is 23.1 Å². The lowest BCUT2D eigenvalue weighted by molar-refractivity contribution is -0.385. The van der Waals surface area contributed by atoms with E-state index >= 15 is 0 Å². The number of rotatable bonds is 4. The first kappa shape index (κ1) is 16.2. The summed E-state index contributed by atoms with van der Waals surface area (Å²) in [4.78, 5) is 9.99. The molecule has 0 radical (unpaired) electrons. The van der Waals surface area contributed by atoms with Crippen LogP contribution < -0.4 is 0 Å². The minimum atomic E-state index is -3.78. The minimum absolute atomic E-state index is 0.0122. The van der Waals surface area contributed by atoms with Crippen molar-refractivity contribution in [3.8, 4) is 0 Å². The minimum Gasteiger partial charge on any atom is -0.258 e. The predicted molar refractivity (Wildman–Crippen MR) is 79.9 cm³/mol. The summed E-state index contributed by atoms with van der Waals surface area (Å²) in [5.41, 5.74) is -0.276. The van der Waals surface area contributed by atoms with Crippen molar-refractivity contribution in [3.05, 3.63) is 33.3 Å². The summed E-state index contributed by atoms with van der Waals surface area (Å²) < 4.78 is 26.6. The Morgan fingerprint density at radius 1 is 1.38 bits per heavy atom. The van der Waals surface area contributed by atoms with Gasteiger partial charge in [0.1, 0.15) is 4.90 Å². The largest absolute Gasteiger partial charge is 0.270 e. The van der Waals surface area contributed by atoms with Crippen LogP contribution in [0.2, 0.25) is 5.02 Å². The van der Waals surface area contributed by atoms with Gasteiger partial charge in [-0.3, -0.25) is 10.1 Å². The lowest BCUT2D eigenvalue weighted by atomic mass is 9.96. The molecule has 21 heavy (non-hydrogen) atoms. The zero-order valence-electron chi connectivity index (χ0n) is 11.7.